The Balaban J connectivity index is 2.10. The summed E-state index contributed by atoms with van der Waals surface area (Å²) in [6.07, 6.45) is 1.34. The number of aromatic nitrogens is 3. The molecule has 0 atom stereocenters. The highest BCUT2D eigenvalue weighted by Crippen LogP contribution is 2.31. The molecule has 0 aliphatic heterocycles. The lowest BCUT2D eigenvalue weighted by molar-refractivity contribution is 0.461. The Kier molecular flexibility index (Phi) is 3.90. The normalized spacial score (nSPS) is 10.8. The number of rotatable bonds is 3. The molecule has 0 saturated heterocycles. The van der Waals surface area contributed by atoms with Gasteiger partial charge >= 0.3 is 0 Å². The van der Waals surface area contributed by atoms with Gasteiger partial charge in [-0.05, 0) is 19.1 Å². The molecule has 21 heavy (non-hydrogen) atoms. The van der Waals surface area contributed by atoms with Crippen LogP contribution in [0.1, 0.15) is 11.3 Å². The van der Waals surface area contributed by atoms with Gasteiger partial charge in [0.2, 0.25) is 5.88 Å². The molecule has 0 radical (unpaired) electrons. The monoisotopic (exact) mass is 319 g/mol. The molecule has 6 heteroatoms. The number of hydrogen-bond donors (Lipinski definition) is 0. The lowest BCUT2D eigenvalue weighted by atomic mass is 10.2. The number of fused-ring (bicyclic) bond motifs is 1. The van der Waals surface area contributed by atoms with Crippen molar-refractivity contribution in [1.82, 2.24) is 15.0 Å². The van der Waals surface area contributed by atoms with Gasteiger partial charge in [0, 0.05) is 11.1 Å². The average molecular weight is 320 g/mol. The van der Waals surface area contributed by atoms with E-state index in [1.165, 1.54) is 6.33 Å². The molecule has 0 spiro atoms. The van der Waals surface area contributed by atoms with E-state index >= 15 is 0 Å². The second kappa shape index (κ2) is 5.84. The highest BCUT2D eigenvalue weighted by molar-refractivity contribution is 6.31. The van der Waals surface area contributed by atoms with Gasteiger partial charge in [0.1, 0.15) is 17.0 Å². The molecule has 0 aliphatic carbocycles. The number of para-hydroxylation sites is 1. The molecular formula is C15H11Cl2N3O. The number of benzene rings is 1. The number of nitrogens with zero attached hydrogens (tertiary/aromatic N) is 3. The Morgan fingerprint density at radius 3 is 2.81 bits per heavy atom. The van der Waals surface area contributed by atoms with Gasteiger partial charge in [-0.15, -0.1) is 11.6 Å². The lowest BCUT2D eigenvalue weighted by Gasteiger charge is -2.10. The van der Waals surface area contributed by atoms with E-state index in [0.29, 0.717) is 22.3 Å². The van der Waals surface area contributed by atoms with Crippen molar-refractivity contribution in [1.29, 1.82) is 0 Å². The summed E-state index contributed by atoms with van der Waals surface area (Å²) in [6.45, 7) is 1.93. The van der Waals surface area contributed by atoms with E-state index in [1.807, 2.05) is 37.3 Å². The molecular weight excluding hydrogens is 309 g/mol. The fourth-order valence-electron chi connectivity index (χ4n) is 1.98. The van der Waals surface area contributed by atoms with Crippen molar-refractivity contribution in [2.45, 2.75) is 12.8 Å². The molecule has 4 nitrogen and oxygen atoms in total. The second-order valence-electron chi connectivity index (χ2n) is 4.46. The highest BCUT2D eigenvalue weighted by atomic mass is 35.5. The van der Waals surface area contributed by atoms with Gasteiger partial charge in [0.05, 0.1) is 11.4 Å². The molecule has 0 unspecified atom stereocenters. The van der Waals surface area contributed by atoms with Gasteiger partial charge in [-0.1, -0.05) is 29.8 Å². The second-order valence-corrected chi connectivity index (χ2v) is 5.09. The molecule has 0 fully saturated rings. The van der Waals surface area contributed by atoms with E-state index in [0.717, 1.165) is 16.6 Å². The lowest BCUT2D eigenvalue weighted by Crippen LogP contribution is -1.97. The molecule has 1 aromatic carbocycles. The van der Waals surface area contributed by atoms with Crippen LogP contribution in [0.5, 0.6) is 11.6 Å². The van der Waals surface area contributed by atoms with Crippen molar-refractivity contribution in [2.75, 3.05) is 0 Å². The summed E-state index contributed by atoms with van der Waals surface area (Å²) in [5.74, 6) is 1.13. The Hall–Kier alpha value is -1.91. The minimum absolute atomic E-state index is 0.173. The van der Waals surface area contributed by atoms with E-state index in [9.17, 15) is 0 Å². The average Bonchev–Trinajstić information content (AvgIpc) is 2.48. The van der Waals surface area contributed by atoms with Crippen LogP contribution < -0.4 is 4.74 Å². The standard InChI is InChI=1S/C15H11Cl2N3O/c1-9-5-6-10-3-2-4-12(13(10)20-9)21-15-11(7-16)14(17)18-8-19-15/h2-6,8H,7H2,1H3. The van der Waals surface area contributed by atoms with E-state index in [4.69, 9.17) is 27.9 Å². The van der Waals surface area contributed by atoms with Crippen molar-refractivity contribution >= 4 is 34.1 Å². The molecule has 0 amide bonds. The third kappa shape index (κ3) is 2.77. The van der Waals surface area contributed by atoms with Crippen molar-refractivity contribution in [3.8, 4) is 11.6 Å². The van der Waals surface area contributed by atoms with E-state index < -0.39 is 0 Å². The Labute approximate surface area is 131 Å². The fourth-order valence-corrected chi connectivity index (χ4v) is 2.48. The van der Waals surface area contributed by atoms with Crippen LogP contribution in [0.2, 0.25) is 5.15 Å². The maximum Gasteiger partial charge on any atom is 0.228 e. The minimum atomic E-state index is 0.173. The van der Waals surface area contributed by atoms with Gasteiger partial charge in [0.15, 0.2) is 5.75 Å². The fraction of sp³-hybridized carbons (Fsp3) is 0.133. The number of alkyl halides is 1. The summed E-state index contributed by atoms with van der Waals surface area (Å²) in [4.78, 5) is 12.5. The van der Waals surface area contributed by atoms with Crippen molar-refractivity contribution in [3.05, 3.63) is 53.1 Å². The van der Waals surface area contributed by atoms with Crippen LogP contribution in [0.3, 0.4) is 0 Å². The molecule has 2 aromatic heterocycles. The molecule has 106 valence electrons. The van der Waals surface area contributed by atoms with Gasteiger partial charge < -0.3 is 4.74 Å². The Morgan fingerprint density at radius 1 is 1.14 bits per heavy atom. The smallest absolute Gasteiger partial charge is 0.228 e. The topological polar surface area (TPSA) is 47.9 Å². The van der Waals surface area contributed by atoms with E-state index in [-0.39, 0.29) is 5.88 Å². The number of halogens is 2. The summed E-state index contributed by atoms with van der Waals surface area (Å²) >= 11 is 11.9. The van der Waals surface area contributed by atoms with Crippen molar-refractivity contribution in [3.63, 3.8) is 0 Å². The predicted octanol–water partition coefficient (Wildman–Crippen LogP) is 4.52. The van der Waals surface area contributed by atoms with Crippen LogP contribution >= 0.6 is 23.2 Å². The number of aryl methyl sites for hydroxylation is 1. The number of hydrogen-bond acceptors (Lipinski definition) is 4. The summed E-state index contributed by atoms with van der Waals surface area (Å²) in [5, 5.41) is 1.28. The zero-order valence-corrected chi connectivity index (χ0v) is 12.7. The van der Waals surface area contributed by atoms with Gasteiger partial charge in [-0.2, -0.15) is 0 Å². The molecule has 0 aliphatic rings. The summed E-state index contributed by atoms with van der Waals surface area (Å²) < 4.78 is 5.87. The molecule has 0 saturated carbocycles. The van der Waals surface area contributed by atoms with Crippen LogP contribution in [0.4, 0.5) is 0 Å². The van der Waals surface area contributed by atoms with Gasteiger partial charge in [-0.25, -0.2) is 15.0 Å². The number of ether oxygens (including phenoxy) is 1. The third-order valence-corrected chi connectivity index (χ3v) is 3.61. The predicted molar refractivity (Wildman–Crippen MR) is 83.2 cm³/mol. The summed E-state index contributed by atoms with van der Waals surface area (Å²) in [5.41, 5.74) is 2.25. The van der Waals surface area contributed by atoms with Gasteiger partial charge in [-0.3, -0.25) is 0 Å². The van der Waals surface area contributed by atoms with E-state index in [2.05, 4.69) is 15.0 Å². The quantitative estimate of drug-likeness (QED) is 0.526. The first-order valence-electron chi connectivity index (χ1n) is 6.28. The minimum Gasteiger partial charge on any atom is -0.436 e. The van der Waals surface area contributed by atoms with Crippen LogP contribution in [-0.4, -0.2) is 15.0 Å². The van der Waals surface area contributed by atoms with Crippen LogP contribution in [0, 0.1) is 6.92 Å². The molecule has 0 N–H and O–H groups in total. The Bertz CT molecular complexity index is 808. The van der Waals surface area contributed by atoms with Crippen LogP contribution in [-0.2, 0) is 5.88 Å². The Morgan fingerprint density at radius 2 is 2.00 bits per heavy atom. The van der Waals surface area contributed by atoms with E-state index in [1.54, 1.807) is 0 Å². The molecule has 0 bridgehead atoms. The van der Waals surface area contributed by atoms with Crippen molar-refractivity contribution < 1.29 is 4.74 Å². The first kappa shape index (κ1) is 14.0. The first-order valence-corrected chi connectivity index (χ1v) is 7.20. The van der Waals surface area contributed by atoms with Crippen molar-refractivity contribution in [2.24, 2.45) is 0 Å². The zero-order valence-electron chi connectivity index (χ0n) is 11.2. The van der Waals surface area contributed by atoms with Gasteiger partial charge in [0.25, 0.3) is 0 Å². The molecule has 3 aromatic rings. The summed E-state index contributed by atoms with van der Waals surface area (Å²) in [7, 11) is 0. The highest BCUT2D eigenvalue weighted by Gasteiger charge is 2.13. The maximum atomic E-state index is 6.01. The molecule has 2 heterocycles. The SMILES string of the molecule is Cc1ccc2cccc(Oc3ncnc(Cl)c3CCl)c2n1. The largest absolute Gasteiger partial charge is 0.436 e. The zero-order chi connectivity index (χ0) is 14.8. The summed E-state index contributed by atoms with van der Waals surface area (Å²) in [6, 6.07) is 9.67. The number of pyridine rings is 1. The molecule has 3 rings (SSSR count). The maximum absolute atomic E-state index is 6.01. The third-order valence-electron chi connectivity index (χ3n) is 3.02. The van der Waals surface area contributed by atoms with Crippen LogP contribution in [0.25, 0.3) is 10.9 Å². The first-order chi connectivity index (χ1) is 10.2. The van der Waals surface area contributed by atoms with Crippen LogP contribution in [0.15, 0.2) is 36.7 Å².